The first-order valence-electron chi connectivity index (χ1n) is 12.1. The van der Waals surface area contributed by atoms with Crippen LogP contribution in [0.4, 0.5) is 13.9 Å². The van der Waals surface area contributed by atoms with Gasteiger partial charge < -0.3 is 16.4 Å². The van der Waals surface area contributed by atoms with Gasteiger partial charge in [-0.3, -0.25) is 14.0 Å². The second kappa shape index (κ2) is 10.5. The summed E-state index contributed by atoms with van der Waals surface area (Å²) in [6.45, 7) is 0.170. The highest BCUT2D eigenvalue weighted by atomic mass is 32.1. The summed E-state index contributed by atoms with van der Waals surface area (Å²) in [5.41, 5.74) is 9.63. The number of fused-ring (bicyclic) bond motifs is 2. The molecule has 0 aliphatic heterocycles. The molecule has 0 fully saturated rings. The normalized spacial score (nSPS) is 11.2. The third-order valence-corrected chi connectivity index (χ3v) is 7.73. The van der Waals surface area contributed by atoms with Crippen LogP contribution in [-0.4, -0.2) is 26.2 Å². The predicted octanol–water partition coefficient (Wildman–Crippen LogP) is 5.39. The van der Waals surface area contributed by atoms with Crippen molar-refractivity contribution in [3.8, 4) is 11.3 Å². The molecule has 8 nitrogen and oxygen atoms in total. The fraction of sp³-hybridized carbons (Fsp3) is 0.0714. The van der Waals surface area contributed by atoms with Gasteiger partial charge in [0.1, 0.15) is 23.0 Å². The molecule has 4 N–H and O–H groups in total. The third kappa shape index (κ3) is 5.01. The lowest BCUT2D eigenvalue weighted by Crippen LogP contribution is -2.25. The molecule has 0 saturated carbocycles. The highest BCUT2D eigenvalue weighted by molar-refractivity contribution is 7.22. The lowest BCUT2D eigenvalue weighted by Gasteiger charge is -2.09. The predicted molar refractivity (Wildman–Crippen MR) is 151 cm³/mol. The topological polar surface area (TPSA) is 114 Å². The van der Waals surface area contributed by atoms with Crippen LogP contribution in [0.3, 0.4) is 0 Å². The molecule has 0 aliphatic rings. The van der Waals surface area contributed by atoms with Gasteiger partial charge in [0.25, 0.3) is 11.8 Å². The summed E-state index contributed by atoms with van der Waals surface area (Å²) in [6, 6.07) is 13.9. The molecule has 6 rings (SSSR count). The maximum Gasteiger partial charge on any atom is 0.270 e. The molecule has 4 aromatic heterocycles. The molecule has 0 saturated heterocycles. The van der Waals surface area contributed by atoms with Crippen molar-refractivity contribution < 1.29 is 18.4 Å². The van der Waals surface area contributed by atoms with E-state index in [2.05, 4.69) is 20.6 Å². The number of hydrogen-bond donors (Lipinski definition) is 3. The summed E-state index contributed by atoms with van der Waals surface area (Å²) in [5.74, 6) is -2.33. The average molecular weight is 575 g/mol. The number of nitrogen functional groups attached to an aromatic ring is 1. The van der Waals surface area contributed by atoms with E-state index in [0.717, 1.165) is 34.0 Å². The van der Waals surface area contributed by atoms with Crippen LogP contribution in [0.5, 0.6) is 0 Å². The van der Waals surface area contributed by atoms with Gasteiger partial charge in [0.15, 0.2) is 10.8 Å². The third-order valence-electron chi connectivity index (χ3n) is 6.20. The molecule has 2 amide bonds. The summed E-state index contributed by atoms with van der Waals surface area (Å²) < 4.78 is 29.7. The molecule has 0 atom stereocenters. The first kappa shape index (κ1) is 25.6. The molecular weight excluding hydrogens is 554 g/mol. The summed E-state index contributed by atoms with van der Waals surface area (Å²) in [6.07, 6.45) is 1.65. The second-order valence-corrected chi connectivity index (χ2v) is 10.8. The zero-order valence-electron chi connectivity index (χ0n) is 20.7. The van der Waals surface area contributed by atoms with Gasteiger partial charge >= 0.3 is 0 Å². The van der Waals surface area contributed by atoms with E-state index in [1.165, 1.54) is 22.7 Å². The first-order valence-corrected chi connectivity index (χ1v) is 13.8. The van der Waals surface area contributed by atoms with Crippen molar-refractivity contribution in [1.29, 1.82) is 0 Å². The van der Waals surface area contributed by atoms with Crippen LogP contribution in [-0.2, 0) is 13.1 Å². The molecule has 0 aliphatic carbocycles. The van der Waals surface area contributed by atoms with Crippen LogP contribution in [0.15, 0.2) is 71.6 Å². The summed E-state index contributed by atoms with van der Waals surface area (Å²) >= 11 is 2.82. The Labute approximate surface area is 234 Å². The lowest BCUT2D eigenvalue weighted by atomic mass is 10.1. The number of thiophene rings is 1. The molecule has 6 aromatic rings. The van der Waals surface area contributed by atoms with Crippen molar-refractivity contribution in [2.45, 2.75) is 13.1 Å². The van der Waals surface area contributed by atoms with Gasteiger partial charge in [0.05, 0.1) is 15.8 Å². The van der Waals surface area contributed by atoms with Gasteiger partial charge in [0, 0.05) is 36.3 Å². The Morgan fingerprint density at radius 1 is 0.925 bits per heavy atom. The van der Waals surface area contributed by atoms with Crippen molar-refractivity contribution in [2.75, 3.05) is 5.73 Å². The van der Waals surface area contributed by atoms with Gasteiger partial charge in [0.2, 0.25) is 0 Å². The number of rotatable bonds is 7. The Kier molecular flexibility index (Phi) is 6.70. The summed E-state index contributed by atoms with van der Waals surface area (Å²) in [4.78, 5) is 35.6. The molecule has 0 unspecified atom stereocenters. The first-order chi connectivity index (χ1) is 19.4. The Bertz CT molecular complexity index is 1880. The fourth-order valence-corrected chi connectivity index (χ4v) is 5.85. The fourth-order valence-electron chi connectivity index (χ4n) is 4.42. The highest BCUT2D eigenvalue weighted by Crippen LogP contribution is 2.28. The summed E-state index contributed by atoms with van der Waals surface area (Å²) in [7, 11) is 0. The maximum atomic E-state index is 13.6. The number of halogens is 2. The zero-order valence-corrected chi connectivity index (χ0v) is 22.3. The number of nitrogens with one attached hydrogen (secondary N) is 2. The molecular formula is C28H20F2N6O2S2. The standard InChI is InChI=1S/C28H20F2N6O2S2/c29-18-8-16(9-19(30)11-18)13-33-27(38)24-23(17-5-7-39-14-17)35-25-20(2-1-6-36(24)25)26(37)32-12-15-3-4-21-22(10-15)40-28(31)34-21/h1-11,14H,12-13H2,(H2,31,34)(H,32,37)(H,33,38). The number of benzene rings is 2. The monoisotopic (exact) mass is 574 g/mol. The van der Waals surface area contributed by atoms with E-state index >= 15 is 0 Å². The minimum atomic E-state index is -0.732. The minimum Gasteiger partial charge on any atom is -0.375 e. The molecule has 2 aromatic carbocycles. The van der Waals surface area contributed by atoms with Crippen LogP contribution in [0.25, 0.3) is 27.1 Å². The smallest absolute Gasteiger partial charge is 0.270 e. The van der Waals surface area contributed by atoms with Crippen LogP contribution in [0, 0.1) is 11.6 Å². The number of carbonyl (C=O) groups is 2. The van der Waals surface area contributed by atoms with E-state index in [0.29, 0.717) is 22.0 Å². The Morgan fingerprint density at radius 3 is 2.48 bits per heavy atom. The van der Waals surface area contributed by atoms with Gasteiger partial charge in [-0.15, -0.1) is 0 Å². The number of thiazole rings is 1. The number of nitrogens with two attached hydrogens (primary N) is 1. The quantitative estimate of drug-likeness (QED) is 0.237. The van der Waals surface area contributed by atoms with Crippen molar-refractivity contribution in [2.24, 2.45) is 0 Å². The average Bonchev–Trinajstić information content (AvgIpc) is 3.67. The number of aromatic nitrogens is 3. The largest absolute Gasteiger partial charge is 0.375 e. The zero-order chi connectivity index (χ0) is 27.8. The molecule has 0 spiro atoms. The highest BCUT2D eigenvalue weighted by Gasteiger charge is 2.24. The number of carbonyl (C=O) groups excluding carboxylic acids is 2. The Hall–Kier alpha value is -4.68. The van der Waals surface area contributed by atoms with E-state index in [1.807, 2.05) is 35.0 Å². The minimum absolute atomic E-state index is 0.0975. The van der Waals surface area contributed by atoms with Crippen LogP contribution in [0.2, 0.25) is 0 Å². The molecule has 0 radical (unpaired) electrons. The maximum absolute atomic E-state index is 13.6. The van der Waals surface area contributed by atoms with Crippen molar-refractivity contribution in [3.63, 3.8) is 0 Å². The number of nitrogens with zero attached hydrogens (tertiary/aromatic N) is 3. The van der Waals surface area contributed by atoms with E-state index < -0.39 is 17.5 Å². The van der Waals surface area contributed by atoms with Crippen molar-refractivity contribution in [1.82, 2.24) is 25.0 Å². The molecule has 12 heteroatoms. The SMILES string of the molecule is Nc1nc2ccc(CNC(=O)c3cccn4c(C(=O)NCc5cc(F)cc(F)c5)c(-c5ccsc5)nc34)cc2s1. The Balaban J connectivity index is 1.30. The van der Waals surface area contributed by atoms with Crippen molar-refractivity contribution in [3.05, 3.63) is 106 Å². The van der Waals surface area contributed by atoms with Crippen molar-refractivity contribution >= 4 is 55.5 Å². The molecule has 200 valence electrons. The van der Waals surface area contributed by atoms with Gasteiger partial charge in [-0.1, -0.05) is 17.4 Å². The summed E-state index contributed by atoms with van der Waals surface area (Å²) in [5, 5.41) is 9.83. The number of anilines is 1. The lowest BCUT2D eigenvalue weighted by molar-refractivity contribution is 0.0938. The Morgan fingerprint density at radius 2 is 1.70 bits per heavy atom. The number of imidazole rings is 1. The van der Waals surface area contributed by atoms with Gasteiger partial charge in [-0.25, -0.2) is 18.7 Å². The number of hydrogen-bond acceptors (Lipinski definition) is 7. The van der Waals surface area contributed by atoms with Crippen LogP contribution in [0.1, 0.15) is 32.0 Å². The van der Waals surface area contributed by atoms with Gasteiger partial charge in [-0.05, 0) is 59.0 Å². The van der Waals surface area contributed by atoms with E-state index in [-0.39, 0.29) is 35.8 Å². The second-order valence-electron chi connectivity index (χ2n) is 8.93. The molecule has 0 bridgehead atoms. The number of pyridine rings is 1. The van der Waals surface area contributed by atoms with E-state index in [4.69, 9.17) is 5.73 Å². The van der Waals surface area contributed by atoms with Gasteiger partial charge in [-0.2, -0.15) is 11.3 Å². The van der Waals surface area contributed by atoms with E-state index in [9.17, 15) is 18.4 Å². The molecule has 40 heavy (non-hydrogen) atoms. The van der Waals surface area contributed by atoms with Crippen LogP contribution < -0.4 is 16.4 Å². The van der Waals surface area contributed by atoms with Crippen LogP contribution >= 0.6 is 22.7 Å². The molecule has 4 heterocycles. The van der Waals surface area contributed by atoms with E-state index in [1.54, 1.807) is 22.7 Å². The number of amides is 2.